The van der Waals surface area contributed by atoms with Gasteiger partial charge in [0.05, 0.1) is 0 Å². The van der Waals surface area contributed by atoms with Crippen LogP contribution in [0.3, 0.4) is 0 Å². The zero-order valence-corrected chi connectivity index (χ0v) is 17.0. The maximum Gasteiger partial charge on any atom is 0.223 e. The average Bonchev–Trinajstić information content (AvgIpc) is 2.72. The van der Waals surface area contributed by atoms with Gasteiger partial charge < -0.3 is 10.2 Å². The SMILES string of the molecule is CCCN(C(=O)CC(c1ccccc1)c1ccccc1)C1CCNCC1.Cl. The normalized spacial score (nSPS) is 14.6. The van der Waals surface area contributed by atoms with Crippen molar-refractivity contribution in [2.75, 3.05) is 19.6 Å². The van der Waals surface area contributed by atoms with Gasteiger partial charge in [0.15, 0.2) is 0 Å². The Morgan fingerprint density at radius 1 is 1.00 bits per heavy atom. The summed E-state index contributed by atoms with van der Waals surface area (Å²) in [6.45, 7) is 5.05. The lowest BCUT2D eigenvalue weighted by atomic mass is 9.87. The minimum Gasteiger partial charge on any atom is -0.340 e. The number of hydrogen-bond donors (Lipinski definition) is 1. The largest absolute Gasteiger partial charge is 0.340 e. The molecule has 3 nitrogen and oxygen atoms in total. The summed E-state index contributed by atoms with van der Waals surface area (Å²) in [7, 11) is 0. The molecule has 4 heteroatoms. The van der Waals surface area contributed by atoms with Crippen molar-refractivity contribution in [2.45, 2.75) is 44.6 Å². The maximum absolute atomic E-state index is 13.3. The van der Waals surface area contributed by atoms with Crippen molar-refractivity contribution in [1.29, 1.82) is 0 Å². The van der Waals surface area contributed by atoms with Crippen LogP contribution >= 0.6 is 12.4 Å². The van der Waals surface area contributed by atoms with E-state index in [1.165, 1.54) is 11.1 Å². The highest BCUT2D eigenvalue weighted by molar-refractivity contribution is 5.85. The molecule has 0 aromatic heterocycles. The Morgan fingerprint density at radius 3 is 2.00 bits per heavy atom. The van der Waals surface area contributed by atoms with Crippen LogP contribution < -0.4 is 5.32 Å². The highest BCUT2D eigenvalue weighted by Gasteiger charge is 2.27. The molecule has 1 N–H and O–H groups in total. The van der Waals surface area contributed by atoms with E-state index in [1.54, 1.807) is 0 Å². The van der Waals surface area contributed by atoms with Crippen molar-refractivity contribution in [3.8, 4) is 0 Å². The lowest BCUT2D eigenvalue weighted by Gasteiger charge is -2.35. The van der Waals surface area contributed by atoms with E-state index in [0.717, 1.165) is 38.9 Å². The zero-order valence-electron chi connectivity index (χ0n) is 16.1. The molecule has 0 unspecified atom stereocenters. The smallest absolute Gasteiger partial charge is 0.223 e. The summed E-state index contributed by atoms with van der Waals surface area (Å²) in [5.74, 6) is 0.405. The van der Waals surface area contributed by atoms with Gasteiger partial charge in [-0.1, -0.05) is 67.6 Å². The van der Waals surface area contributed by atoms with Crippen molar-refractivity contribution >= 4 is 18.3 Å². The molecule has 0 aliphatic carbocycles. The number of rotatable bonds is 7. The van der Waals surface area contributed by atoms with Crippen LogP contribution in [0.15, 0.2) is 60.7 Å². The Morgan fingerprint density at radius 2 is 1.52 bits per heavy atom. The first-order chi connectivity index (χ1) is 12.8. The van der Waals surface area contributed by atoms with Gasteiger partial charge in [0.1, 0.15) is 0 Å². The predicted octanol–water partition coefficient (Wildman–Crippen LogP) is 4.62. The highest BCUT2D eigenvalue weighted by Crippen LogP contribution is 2.29. The molecule has 1 saturated heterocycles. The van der Waals surface area contributed by atoms with Gasteiger partial charge in [-0.3, -0.25) is 4.79 Å². The third-order valence-electron chi connectivity index (χ3n) is 5.32. The molecule has 0 atom stereocenters. The molecule has 0 radical (unpaired) electrons. The molecule has 27 heavy (non-hydrogen) atoms. The molecule has 3 rings (SSSR count). The number of amides is 1. The number of carbonyl (C=O) groups is 1. The molecule has 146 valence electrons. The van der Waals surface area contributed by atoms with Crippen molar-refractivity contribution in [2.24, 2.45) is 0 Å². The van der Waals surface area contributed by atoms with Crippen LogP contribution in [0.2, 0.25) is 0 Å². The van der Waals surface area contributed by atoms with Gasteiger partial charge in [0.2, 0.25) is 5.91 Å². The molecule has 1 fully saturated rings. The minimum absolute atomic E-state index is 0. The fourth-order valence-corrected chi connectivity index (χ4v) is 3.96. The van der Waals surface area contributed by atoms with Crippen LogP contribution in [0.1, 0.15) is 49.7 Å². The summed E-state index contributed by atoms with van der Waals surface area (Å²) in [5, 5.41) is 3.41. The quantitative estimate of drug-likeness (QED) is 0.752. The second-order valence-corrected chi connectivity index (χ2v) is 7.15. The number of hydrogen-bond acceptors (Lipinski definition) is 2. The Balaban J connectivity index is 0.00000261. The van der Waals surface area contributed by atoms with Crippen LogP contribution in [0.4, 0.5) is 0 Å². The lowest BCUT2D eigenvalue weighted by Crippen LogP contribution is -2.46. The summed E-state index contributed by atoms with van der Waals surface area (Å²) in [6.07, 6.45) is 3.68. The van der Waals surface area contributed by atoms with Crippen molar-refractivity contribution < 1.29 is 4.79 Å². The summed E-state index contributed by atoms with van der Waals surface area (Å²) >= 11 is 0. The first kappa shape index (κ1) is 21.5. The molecule has 0 saturated carbocycles. The van der Waals surface area contributed by atoms with Crippen molar-refractivity contribution in [1.82, 2.24) is 10.2 Å². The van der Waals surface area contributed by atoms with Crippen LogP contribution in [0.5, 0.6) is 0 Å². The van der Waals surface area contributed by atoms with E-state index in [-0.39, 0.29) is 24.2 Å². The van der Waals surface area contributed by atoms with E-state index in [2.05, 4.69) is 65.7 Å². The number of nitrogens with zero attached hydrogens (tertiary/aromatic N) is 1. The molecule has 0 bridgehead atoms. The lowest BCUT2D eigenvalue weighted by molar-refractivity contribution is -0.134. The van der Waals surface area contributed by atoms with Crippen LogP contribution in [0, 0.1) is 0 Å². The summed E-state index contributed by atoms with van der Waals surface area (Å²) in [6, 6.07) is 21.3. The molecule has 2 aromatic carbocycles. The maximum atomic E-state index is 13.3. The Hall–Kier alpha value is -1.84. The third-order valence-corrected chi connectivity index (χ3v) is 5.32. The van der Waals surface area contributed by atoms with Gasteiger partial charge in [-0.05, 0) is 43.5 Å². The van der Waals surface area contributed by atoms with E-state index in [1.807, 2.05) is 12.1 Å². The molecular formula is C23H31ClN2O. The van der Waals surface area contributed by atoms with E-state index in [9.17, 15) is 4.79 Å². The van der Waals surface area contributed by atoms with Crippen molar-refractivity contribution in [3.05, 3.63) is 71.8 Å². The van der Waals surface area contributed by atoms with Crippen LogP contribution in [-0.2, 0) is 4.79 Å². The second-order valence-electron chi connectivity index (χ2n) is 7.15. The summed E-state index contributed by atoms with van der Waals surface area (Å²) in [5.41, 5.74) is 2.43. The molecular weight excluding hydrogens is 356 g/mol. The van der Waals surface area contributed by atoms with Gasteiger partial charge in [-0.15, -0.1) is 12.4 Å². The van der Waals surface area contributed by atoms with E-state index in [0.29, 0.717) is 12.5 Å². The Labute approximate surface area is 169 Å². The predicted molar refractivity (Wildman–Crippen MR) is 114 cm³/mol. The number of halogens is 1. The van der Waals surface area contributed by atoms with Crippen LogP contribution in [0.25, 0.3) is 0 Å². The van der Waals surface area contributed by atoms with Gasteiger partial charge in [0.25, 0.3) is 0 Å². The number of piperidine rings is 1. The molecule has 1 heterocycles. The fraction of sp³-hybridized carbons (Fsp3) is 0.435. The zero-order chi connectivity index (χ0) is 18.2. The van der Waals surface area contributed by atoms with Crippen molar-refractivity contribution in [3.63, 3.8) is 0 Å². The first-order valence-electron chi connectivity index (χ1n) is 9.89. The monoisotopic (exact) mass is 386 g/mol. The summed E-state index contributed by atoms with van der Waals surface area (Å²) < 4.78 is 0. The molecule has 1 aliphatic heterocycles. The van der Waals surface area contributed by atoms with Gasteiger partial charge in [-0.2, -0.15) is 0 Å². The van der Waals surface area contributed by atoms with Crippen LogP contribution in [-0.4, -0.2) is 36.5 Å². The fourth-order valence-electron chi connectivity index (χ4n) is 3.96. The number of carbonyl (C=O) groups excluding carboxylic acids is 1. The van der Waals surface area contributed by atoms with Gasteiger partial charge in [0, 0.05) is 24.9 Å². The van der Waals surface area contributed by atoms with Gasteiger partial charge >= 0.3 is 0 Å². The molecule has 1 aliphatic rings. The first-order valence-corrected chi connectivity index (χ1v) is 9.89. The Bertz CT molecular complexity index is 632. The average molecular weight is 387 g/mol. The highest BCUT2D eigenvalue weighted by atomic mass is 35.5. The standard InChI is InChI=1S/C23H30N2O.ClH/c1-2-17-25(21-13-15-24-16-14-21)23(26)18-22(19-9-5-3-6-10-19)20-11-7-4-8-12-20;/h3-12,21-22,24H,2,13-18H2,1H3;1H. The number of nitrogens with one attached hydrogen (secondary N) is 1. The van der Waals surface area contributed by atoms with E-state index in [4.69, 9.17) is 0 Å². The Kier molecular flexibility index (Phi) is 8.83. The minimum atomic E-state index is 0. The molecule has 2 aromatic rings. The number of benzene rings is 2. The molecule has 0 spiro atoms. The third kappa shape index (κ3) is 5.82. The second kappa shape index (κ2) is 11.1. The van der Waals surface area contributed by atoms with E-state index < -0.39 is 0 Å². The van der Waals surface area contributed by atoms with Gasteiger partial charge in [-0.25, -0.2) is 0 Å². The molecule has 1 amide bonds. The summed E-state index contributed by atoms with van der Waals surface area (Å²) in [4.78, 5) is 15.4. The van der Waals surface area contributed by atoms with E-state index >= 15 is 0 Å². The topological polar surface area (TPSA) is 32.3 Å².